The van der Waals surface area contributed by atoms with Crippen LogP contribution in [0.25, 0.3) is 0 Å². The minimum absolute atomic E-state index is 0.593. The topological polar surface area (TPSA) is 269 Å². The van der Waals surface area contributed by atoms with Crippen LogP contribution in [-0.2, 0) is 23.7 Å². The van der Waals surface area contributed by atoms with Gasteiger partial charge < -0.3 is 79.9 Å². The Labute approximate surface area is 192 Å². The number of ether oxygens (including phenoxy) is 5. The van der Waals surface area contributed by atoms with E-state index in [1.807, 2.05) is 0 Å². The van der Waals surface area contributed by atoms with Crippen molar-refractivity contribution in [3.63, 3.8) is 0 Å². The lowest BCUT2D eigenvalue weighted by atomic mass is 9.97. The highest BCUT2D eigenvalue weighted by molar-refractivity contribution is 4.94. The molecule has 16 nitrogen and oxygen atoms in total. The van der Waals surface area contributed by atoms with Crippen molar-refractivity contribution < 1.29 is 79.9 Å². The third-order valence-corrected chi connectivity index (χ3v) is 6.07. The minimum atomic E-state index is -1.84. The molecular weight excluding hydrogens is 472 g/mol. The van der Waals surface area contributed by atoms with Crippen molar-refractivity contribution in [1.29, 1.82) is 0 Å². The van der Waals surface area contributed by atoms with Gasteiger partial charge in [-0.3, -0.25) is 0 Å². The van der Waals surface area contributed by atoms with Crippen molar-refractivity contribution in [2.24, 2.45) is 0 Å². The lowest BCUT2D eigenvalue weighted by molar-refractivity contribution is -0.364. The molecule has 16 heteroatoms. The van der Waals surface area contributed by atoms with E-state index in [0.717, 1.165) is 0 Å². The molecule has 0 amide bonds. The first-order valence-electron chi connectivity index (χ1n) is 10.6. The first-order valence-corrected chi connectivity index (χ1v) is 10.6. The van der Waals surface area contributed by atoms with E-state index in [0.29, 0.717) is 0 Å². The second-order valence-corrected chi connectivity index (χ2v) is 8.37. The van der Waals surface area contributed by atoms with E-state index < -0.39 is 112 Å². The van der Waals surface area contributed by atoms with Gasteiger partial charge in [-0.25, -0.2) is 0 Å². The predicted octanol–water partition coefficient (Wildman–Crippen LogP) is -7.57. The van der Waals surface area contributed by atoms with E-state index in [1.54, 1.807) is 0 Å². The molecule has 3 aliphatic heterocycles. The Bertz CT molecular complexity index is 639. The second-order valence-electron chi connectivity index (χ2n) is 8.37. The average molecular weight is 504 g/mol. The zero-order valence-corrected chi connectivity index (χ0v) is 17.7. The fraction of sp³-hybridized carbons (Fsp3) is 1.00. The highest BCUT2D eigenvalue weighted by Gasteiger charge is 2.51. The van der Waals surface area contributed by atoms with Crippen LogP contribution in [0.5, 0.6) is 0 Å². The normalized spacial score (nSPS) is 52.5. The maximum Gasteiger partial charge on any atom is 0.187 e. The SMILES string of the molecule is OC[C@H]1O[C@H](O[C@@H]2[C@@H](O)[C@@H](OC[C@H]3O[C@@H](O)[C@H](O)[C@@H](O)[C@@H]3O)O[C@H](CO)[C@H]2O)[C@H](O)[C@@H](O)[C@@H]1O. The van der Waals surface area contributed by atoms with Gasteiger partial charge in [0.1, 0.15) is 73.2 Å². The van der Waals surface area contributed by atoms with Gasteiger partial charge in [0.15, 0.2) is 18.9 Å². The third kappa shape index (κ3) is 5.52. The molecule has 0 aromatic rings. The molecule has 0 aliphatic carbocycles. The van der Waals surface area contributed by atoms with Crippen LogP contribution in [0.1, 0.15) is 0 Å². The number of hydrogen-bond donors (Lipinski definition) is 11. The van der Waals surface area contributed by atoms with Gasteiger partial charge in [0.05, 0.1) is 19.8 Å². The summed E-state index contributed by atoms with van der Waals surface area (Å²) >= 11 is 0. The number of hydrogen-bond acceptors (Lipinski definition) is 16. The summed E-state index contributed by atoms with van der Waals surface area (Å²) in [5.41, 5.74) is 0. The zero-order chi connectivity index (χ0) is 25.3. The molecule has 3 heterocycles. The Balaban J connectivity index is 1.68. The molecule has 200 valence electrons. The summed E-state index contributed by atoms with van der Waals surface area (Å²) in [4.78, 5) is 0. The molecular formula is C18H32O16. The monoisotopic (exact) mass is 504 g/mol. The van der Waals surface area contributed by atoms with Gasteiger partial charge in [0, 0.05) is 0 Å². The maximum absolute atomic E-state index is 10.7. The minimum Gasteiger partial charge on any atom is -0.394 e. The quantitative estimate of drug-likeness (QED) is 0.154. The smallest absolute Gasteiger partial charge is 0.187 e. The number of rotatable bonds is 7. The molecule has 0 spiro atoms. The second kappa shape index (κ2) is 11.6. The van der Waals surface area contributed by atoms with Crippen molar-refractivity contribution in [3.8, 4) is 0 Å². The fourth-order valence-electron chi connectivity index (χ4n) is 3.94. The Morgan fingerprint density at radius 1 is 0.500 bits per heavy atom. The third-order valence-electron chi connectivity index (χ3n) is 6.07. The van der Waals surface area contributed by atoms with Gasteiger partial charge in [0.25, 0.3) is 0 Å². The summed E-state index contributed by atoms with van der Waals surface area (Å²) < 4.78 is 26.2. The summed E-state index contributed by atoms with van der Waals surface area (Å²) in [7, 11) is 0. The van der Waals surface area contributed by atoms with Gasteiger partial charge in [0.2, 0.25) is 0 Å². The molecule has 0 aromatic carbocycles. The van der Waals surface area contributed by atoms with Gasteiger partial charge in [-0.2, -0.15) is 0 Å². The lowest BCUT2D eigenvalue weighted by Gasteiger charge is -2.46. The van der Waals surface area contributed by atoms with Crippen LogP contribution >= 0.6 is 0 Å². The first-order chi connectivity index (χ1) is 16.0. The molecule has 3 aliphatic rings. The fourth-order valence-corrected chi connectivity index (χ4v) is 3.94. The lowest BCUT2D eigenvalue weighted by Crippen LogP contribution is -2.65. The molecule has 0 aromatic heterocycles. The predicted molar refractivity (Wildman–Crippen MR) is 101 cm³/mol. The standard InChI is InChI=1S/C18H32O16/c19-1-4-7(21)11(25)13(27)18(33-4)34-15-9(23)5(2-20)32-17(14(15)28)30-3-6-8(22)10(24)12(26)16(29)31-6/h4-29H,1-3H2/t4-,5-,6-,7-,8-,9-,10+,11+,12-,13-,14-,15+,16-,17+,18-/m1/s1. The van der Waals surface area contributed by atoms with E-state index in [-0.39, 0.29) is 0 Å². The molecule has 3 rings (SSSR count). The van der Waals surface area contributed by atoms with Crippen LogP contribution in [0.4, 0.5) is 0 Å². The Hall–Kier alpha value is -0.640. The van der Waals surface area contributed by atoms with Crippen LogP contribution in [0.2, 0.25) is 0 Å². The van der Waals surface area contributed by atoms with Gasteiger partial charge >= 0.3 is 0 Å². The van der Waals surface area contributed by atoms with Crippen molar-refractivity contribution in [2.75, 3.05) is 19.8 Å². The first kappa shape index (κ1) is 27.9. The zero-order valence-electron chi connectivity index (χ0n) is 17.7. The molecule has 34 heavy (non-hydrogen) atoms. The van der Waals surface area contributed by atoms with Crippen LogP contribution < -0.4 is 0 Å². The van der Waals surface area contributed by atoms with Gasteiger partial charge in [-0.15, -0.1) is 0 Å². The molecule has 0 radical (unpaired) electrons. The largest absolute Gasteiger partial charge is 0.394 e. The van der Waals surface area contributed by atoms with Crippen LogP contribution in [-0.4, -0.2) is 168 Å². The number of aliphatic hydroxyl groups is 11. The average Bonchev–Trinajstić information content (AvgIpc) is 2.82. The summed E-state index contributed by atoms with van der Waals surface area (Å²) in [6.45, 7) is -2.11. The van der Waals surface area contributed by atoms with Crippen LogP contribution in [0.3, 0.4) is 0 Å². The van der Waals surface area contributed by atoms with E-state index in [4.69, 9.17) is 23.7 Å². The van der Waals surface area contributed by atoms with Crippen molar-refractivity contribution in [2.45, 2.75) is 92.1 Å². The number of aliphatic hydroxyl groups excluding tert-OH is 11. The molecule has 0 unspecified atom stereocenters. The highest BCUT2D eigenvalue weighted by atomic mass is 16.7. The van der Waals surface area contributed by atoms with Gasteiger partial charge in [-0.1, -0.05) is 0 Å². The molecule has 11 N–H and O–H groups in total. The van der Waals surface area contributed by atoms with Crippen molar-refractivity contribution in [1.82, 2.24) is 0 Å². The summed E-state index contributed by atoms with van der Waals surface area (Å²) in [5, 5.41) is 109. The Morgan fingerprint density at radius 2 is 1.03 bits per heavy atom. The summed E-state index contributed by atoms with van der Waals surface area (Å²) in [6, 6.07) is 0. The highest BCUT2D eigenvalue weighted by Crippen LogP contribution is 2.30. The molecule has 0 bridgehead atoms. The van der Waals surface area contributed by atoms with E-state index >= 15 is 0 Å². The van der Waals surface area contributed by atoms with Crippen molar-refractivity contribution in [3.05, 3.63) is 0 Å². The van der Waals surface area contributed by atoms with Crippen LogP contribution in [0, 0.1) is 0 Å². The Morgan fingerprint density at radius 3 is 1.65 bits per heavy atom. The van der Waals surface area contributed by atoms with E-state index in [1.165, 1.54) is 0 Å². The van der Waals surface area contributed by atoms with E-state index in [9.17, 15) is 56.2 Å². The van der Waals surface area contributed by atoms with Crippen LogP contribution in [0.15, 0.2) is 0 Å². The maximum atomic E-state index is 10.7. The van der Waals surface area contributed by atoms with E-state index in [2.05, 4.69) is 0 Å². The molecule has 0 saturated carbocycles. The molecule has 3 fully saturated rings. The van der Waals surface area contributed by atoms with Gasteiger partial charge in [-0.05, 0) is 0 Å². The molecule has 3 saturated heterocycles. The summed E-state index contributed by atoms with van der Waals surface area (Å²) in [6.07, 6.45) is -24.9. The Kier molecular flexibility index (Phi) is 9.54. The molecule has 15 atom stereocenters. The summed E-state index contributed by atoms with van der Waals surface area (Å²) in [5.74, 6) is 0. The van der Waals surface area contributed by atoms with Crippen molar-refractivity contribution >= 4 is 0 Å².